The summed E-state index contributed by atoms with van der Waals surface area (Å²) in [5.74, 6) is -0.528. The first kappa shape index (κ1) is 22.0. The van der Waals surface area contributed by atoms with Crippen LogP contribution in [0.2, 0.25) is 0 Å². The number of carbonyl (C=O) groups excluding carboxylic acids is 3. The van der Waals surface area contributed by atoms with E-state index < -0.39 is 12.0 Å². The fraction of sp³-hybridized carbons (Fsp3) is 0.550. The van der Waals surface area contributed by atoms with Gasteiger partial charge < -0.3 is 25.3 Å². The van der Waals surface area contributed by atoms with Crippen LogP contribution in [0.4, 0.5) is 0 Å². The van der Waals surface area contributed by atoms with Crippen LogP contribution >= 0.6 is 0 Å². The lowest BCUT2D eigenvalue weighted by atomic mass is 10.0. The molecular formula is C20H28N2O6. The summed E-state index contributed by atoms with van der Waals surface area (Å²) in [6, 6.07) is 5.42. The molecule has 0 spiro atoms. The standard InChI is InChI=1S/C20H28N2O6/c1-2-26-20(25)13-28-15-5-3-14(4-6-15)18(23)11-17(21)19(24)12-27-16-7-9-22-10-8-16/h3-6,16-17,22H,2,7-13,21H2,1H3/t17-/m0/s1. The van der Waals surface area contributed by atoms with E-state index in [0.717, 1.165) is 25.9 Å². The van der Waals surface area contributed by atoms with Crippen molar-refractivity contribution >= 4 is 17.5 Å². The Morgan fingerprint density at radius 1 is 1.14 bits per heavy atom. The molecule has 0 bridgehead atoms. The number of nitrogens with one attached hydrogen (secondary N) is 1. The first-order valence-electron chi connectivity index (χ1n) is 9.52. The number of ether oxygens (including phenoxy) is 3. The zero-order valence-electron chi connectivity index (χ0n) is 16.1. The molecule has 0 unspecified atom stereocenters. The number of carbonyl (C=O) groups is 3. The van der Waals surface area contributed by atoms with Gasteiger partial charge in [-0.25, -0.2) is 4.79 Å². The summed E-state index contributed by atoms with van der Waals surface area (Å²) >= 11 is 0. The van der Waals surface area contributed by atoms with Gasteiger partial charge in [0.2, 0.25) is 0 Å². The Labute approximate surface area is 164 Å². The van der Waals surface area contributed by atoms with E-state index in [1.165, 1.54) is 0 Å². The minimum atomic E-state index is -0.894. The monoisotopic (exact) mass is 392 g/mol. The third kappa shape index (κ3) is 7.38. The van der Waals surface area contributed by atoms with E-state index in [4.69, 9.17) is 19.9 Å². The number of esters is 1. The van der Waals surface area contributed by atoms with Crippen LogP contribution in [0.25, 0.3) is 0 Å². The molecule has 8 nitrogen and oxygen atoms in total. The van der Waals surface area contributed by atoms with Gasteiger partial charge in [0.15, 0.2) is 18.2 Å². The second-order valence-corrected chi connectivity index (χ2v) is 6.58. The van der Waals surface area contributed by atoms with Crippen molar-refractivity contribution in [3.8, 4) is 5.75 Å². The second kappa shape index (κ2) is 11.5. The molecule has 8 heteroatoms. The number of Topliss-reactive ketones (excluding diaryl/α,β-unsaturated/α-hetero) is 2. The lowest BCUT2D eigenvalue weighted by Gasteiger charge is -2.23. The van der Waals surface area contributed by atoms with Gasteiger partial charge in [-0.15, -0.1) is 0 Å². The average molecular weight is 392 g/mol. The van der Waals surface area contributed by atoms with Crippen molar-refractivity contribution in [3.63, 3.8) is 0 Å². The molecule has 2 rings (SSSR count). The molecule has 1 heterocycles. The van der Waals surface area contributed by atoms with Crippen LogP contribution in [0.1, 0.15) is 36.5 Å². The van der Waals surface area contributed by atoms with Crippen molar-refractivity contribution in [2.45, 2.75) is 38.3 Å². The SMILES string of the molecule is CCOC(=O)COc1ccc(C(=O)C[C@H](N)C(=O)COC2CCNCC2)cc1. The first-order valence-corrected chi connectivity index (χ1v) is 9.52. The van der Waals surface area contributed by atoms with E-state index in [2.05, 4.69) is 5.32 Å². The fourth-order valence-corrected chi connectivity index (χ4v) is 2.78. The highest BCUT2D eigenvalue weighted by Gasteiger charge is 2.21. The molecule has 0 aromatic heterocycles. The van der Waals surface area contributed by atoms with E-state index in [1.807, 2.05) is 0 Å². The smallest absolute Gasteiger partial charge is 0.344 e. The van der Waals surface area contributed by atoms with Crippen molar-refractivity contribution in [2.75, 3.05) is 32.9 Å². The van der Waals surface area contributed by atoms with Crippen molar-refractivity contribution in [1.29, 1.82) is 0 Å². The van der Waals surface area contributed by atoms with Gasteiger partial charge in [-0.1, -0.05) is 0 Å². The quantitative estimate of drug-likeness (QED) is 0.421. The predicted octanol–water partition coefficient (Wildman–Crippen LogP) is 0.866. The Bertz CT molecular complexity index is 655. The largest absolute Gasteiger partial charge is 0.482 e. The molecule has 1 aliphatic heterocycles. The molecule has 28 heavy (non-hydrogen) atoms. The summed E-state index contributed by atoms with van der Waals surface area (Å²) in [5, 5.41) is 3.23. The van der Waals surface area contributed by atoms with Gasteiger partial charge >= 0.3 is 5.97 Å². The summed E-state index contributed by atoms with van der Waals surface area (Å²) in [6.07, 6.45) is 1.71. The highest BCUT2D eigenvalue weighted by Crippen LogP contribution is 2.14. The minimum Gasteiger partial charge on any atom is -0.482 e. The Morgan fingerprint density at radius 3 is 2.46 bits per heavy atom. The number of hydrogen-bond acceptors (Lipinski definition) is 8. The summed E-state index contributed by atoms with van der Waals surface area (Å²) < 4.78 is 15.6. The first-order chi connectivity index (χ1) is 13.5. The molecule has 1 aliphatic rings. The molecule has 3 N–H and O–H groups in total. The molecule has 0 aliphatic carbocycles. The zero-order valence-corrected chi connectivity index (χ0v) is 16.1. The third-order valence-corrected chi connectivity index (χ3v) is 4.40. The number of rotatable bonds is 11. The Kier molecular flexibility index (Phi) is 9.06. The normalized spacial score (nSPS) is 15.6. The van der Waals surface area contributed by atoms with Gasteiger partial charge in [-0.05, 0) is 57.1 Å². The van der Waals surface area contributed by atoms with Crippen molar-refractivity contribution in [2.24, 2.45) is 5.73 Å². The third-order valence-electron chi connectivity index (χ3n) is 4.40. The fourth-order valence-electron chi connectivity index (χ4n) is 2.78. The molecule has 0 radical (unpaired) electrons. The molecule has 1 aromatic rings. The van der Waals surface area contributed by atoms with Crippen LogP contribution in [0.5, 0.6) is 5.75 Å². The predicted molar refractivity (Wildman–Crippen MR) is 102 cm³/mol. The van der Waals surface area contributed by atoms with Crippen LogP contribution in [0, 0.1) is 0 Å². The van der Waals surface area contributed by atoms with Gasteiger partial charge in [-0.2, -0.15) is 0 Å². The van der Waals surface area contributed by atoms with Crippen molar-refractivity contribution < 1.29 is 28.6 Å². The van der Waals surface area contributed by atoms with Gasteiger partial charge in [-0.3, -0.25) is 9.59 Å². The maximum atomic E-state index is 12.3. The maximum absolute atomic E-state index is 12.3. The van der Waals surface area contributed by atoms with Gasteiger partial charge in [0, 0.05) is 12.0 Å². The topological polar surface area (TPSA) is 117 Å². The van der Waals surface area contributed by atoms with E-state index in [0.29, 0.717) is 11.3 Å². The minimum absolute atomic E-state index is 0.0650. The van der Waals surface area contributed by atoms with E-state index in [-0.39, 0.29) is 43.9 Å². The summed E-state index contributed by atoms with van der Waals surface area (Å²) in [6.45, 7) is 3.49. The molecule has 154 valence electrons. The summed E-state index contributed by atoms with van der Waals surface area (Å²) in [5.41, 5.74) is 6.29. The Balaban J connectivity index is 1.76. The molecule has 1 saturated heterocycles. The van der Waals surface area contributed by atoms with Crippen molar-refractivity contribution in [3.05, 3.63) is 29.8 Å². The van der Waals surface area contributed by atoms with Crippen LogP contribution in [0.15, 0.2) is 24.3 Å². The van der Waals surface area contributed by atoms with Gasteiger partial charge in [0.05, 0.1) is 18.8 Å². The van der Waals surface area contributed by atoms with Crippen LogP contribution in [-0.2, 0) is 19.1 Å². The number of piperidine rings is 1. The van der Waals surface area contributed by atoms with E-state index >= 15 is 0 Å². The molecule has 1 fully saturated rings. The molecule has 0 amide bonds. The summed E-state index contributed by atoms with van der Waals surface area (Å²) in [4.78, 5) is 35.7. The number of hydrogen-bond donors (Lipinski definition) is 2. The van der Waals surface area contributed by atoms with Crippen molar-refractivity contribution in [1.82, 2.24) is 5.32 Å². The van der Waals surface area contributed by atoms with E-state index in [9.17, 15) is 14.4 Å². The maximum Gasteiger partial charge on any atom is 0.344 e. The lowest BCUT2D eigenvalue weighted by molar-refractivity contribution is -0.145. The Hall–Kier alpha value is -2.29. The number of ketones is 2. The average Bonchev–Trinajstić information content (AvgIpc) is 2.71. The molecular weight excluding hydrogens is 364 g/mol. The second-order valence-electron chi connectivity index (χ2n) is 6.58. The molecule has 0 saturated carbocycles. The van der Waals surface area contributed by atoms with Gasteiger partial charge in [0.25, 0.3) is 0 Å². The zero-order chi connectivity index (χ0) is 20.4. The lowest BCUT2D eigenvalue weighted by Crippen LogP contribution is -2.38. The highest BCUT2D eigenvalue weighted by atomic mass is 16.6. The highest BCUT2D eigenvalue weighted by molar-refractivity contribution is 6.00. The van der Waals surface area contributed by atoms with Crippen LogP contribution in [-0.4, -0.2) is 62.6 Å². The Morgan fingerprint density at radius 2 is 1.82 bits per heavy atom. The number of benzene rings is 1. The molecule has 1 atom stereocenters. The van der Waals surface area contributed by atoms with E-state index in [1.54, 1.807) is 31.2 Å². The van der Waals surface area contributed by atoms with Crippen LogP contribution in [0.3, 0.4) is 0 Å². The summed E-state index contributed by atoms with van der Waals surface area (Å²) in [7, 11) is 0. The molecule has 1 aromatic carbocycles. The van der Waals surface area contributed by atoms with Crippen LogP contribution < -0.4 is 15.8 Å². The van der Waals surface area contributed by atoms with Gasteiger partial charge in [0.1, 0.15) is 12.4 Å². The number of nitrogens with two attached hydrogens (primary N) is 1.